The zero-order valence-corrected chi connectivity index (χ0v) is 11.4. The summed E-state index contributed by atoms with van der Waals surface area (Å²) in [4.78, 5) is 11.9. The van der Waals surface area contributed by atoms with Gasteiger partial charge in [0.2, 0.25) is 0 Å². The van der Waals surface area contributed by atoms with Gasteiger partial charge in [0.15, 0.2) is 0 Å². The second-order valence-electron chi connectivity index (χ2n) is 5.07. The lowest BCUT2D eigenvalue weighted by Crippen LogP contribution is -2.18. The van der Waals surface area contributed by atoms with E-state index in [9.17, 15) is 4.79 Å². The second-order valence-corrected chi connectivity index (χ2v) is 5.07. The maximum Gasteiger partial charge on any atom is 0.339 e. The van der Waals surface area contributed by atoms with E-state index in [-0.39, 0.29) is 11.4 Å². The van der Waals surface area contributed by atoms with E-state index in [0.717, 1.165) is 5.56 Å². The van der Waals surface area contributed by atoms with Crippen LogP contribution in [0.2, 0.25) is 0 Å². The Balaban J connectivity index is 2.64. The Morgan fingerprint density at radius 1 is 1.17 bits per heavy atom. The first kappa shape index (κ1) is 14.2. The van der Waals surface area contributed by atoms with E-state index in [1.54, 1.807) is 12.2 Å². The molecule has 2 heteroatoms. The van der Waals surface area contributed by atoms with Crippen molar-refractivity contribution in [1.29, 1.82) is 0 Å². The van der Waals surface area contributed by atoms with E-state index in [1.807, 2.05) is 58.0 Å². The quantitative estimate of drug-likeness (QED) is 0.452. The zero-order chi connectivity index (χ0) is 13.6. The minimum absolute atomic E-state index is 0.202. The van der Waals surface area contributed by atoms with Gasteiger partial charge in [-0.1, -0.05) is 57.2 Å². The van der Waals surface area contributed by atoms with Gasteiger partial charge in [0.25, 0.3) is 0 Å². The van der Waals surface area contributed by atoms with Gasteiger partial charge in [0.05, 0.1) is 6.26 Å². The number of benzene rings is 1. The normalized spacial score (nSPS) is 12.8. The molecule has 0 aliphatic carbocycles. The van der Waals surface area contributed by atoms with Crippen LogP contribution in [-0.4, -0.2) is 5.97 Å². The molecule has 0 aliphatic heterocycles. The molecule has 0 fully saturated rings. The number of allylic oxidation sites excluding steroid dienone is 1. The third-order valence-electron chi connectivity index (χ3n) is 2.55. The second kappa shape index (κ2) is 6.20. The van der Waals surface area contributed by atoms with E-state index < -0.39 is 0 Å². The van der Waals surface area contributed by atoms with E-state index >= 15 is 0 Å². The molecule has 0 aromatic heterocycles. The first-order valence-electron chi connectivity index (χ1n) is 6.04. The lowest BCUT2D eigenvalue weighted by molar-refractivity contribution is -0.134. The Bertz CT molecular complexity index is 448. The summed E-state index contributed by atoms with van der Waals surface area (Å²) in [5.74, 6) is -0.294. The molecular formula is C16H20O2. The molecule has 0 atom stereocenters. The Morgan fingerprint density at radius 3 is 2.28 bits per heavy atom. The number of rotatable bonds is 3. The molecule has 0 saturated heterocycles. The Morgan fingerprint density at radius 2 is 1.78 bits per heavy atom. The summed E-state index contributed by atoms with van der Waals surface area (Å²) in [7, 11) is 0. The van der Waals surface area contributed by atoms with Crippen LogP contribution in [0.15, 0.2) is 48.2 Å². The lowest BCUT2D eigenvalue weighted by Gasteiger charge is -2.20. The van der Waals surface area contributed by atoms with Gasteiger partial charge in [0, 0.05) is 5.57 Å². The van der Waals surface area contributed by atoms with Gasteiger partial charge < -0.3 is 4.74 Å². The molecule has 0 spiro atoms. The average Bonchev–Trinajstić information content (AvgIpc) is 2.29. The van der Waals surface area contributed by atoms with Crippen molar-refractivity contribution in [3.8, 4) is 0 Å². The minimum atomic E-state index is -0.294. The summed E-state index contributed by atoms with van der Waals surface area (Å²) >= 11 is 0. The third kappa shape index (κ3) is 4.21. The highest BCUT2D eigenvalue weighted by Gasteiger charge is 2.23. The van der Waals surface area contributed by atoms with Gasteiger partial charge >= 0.3 is 5.97 Å². The fraction of sp³-hybridized carbons (Fsp3) is 0.312. The van der Waals surface area contributed by atoms with Crippen LogP contribution in [0.4, 0.5) is 0 Å². The van der Waals surface area contributed by atoms with Crippen molar-refractivity contribution in [2.75, 3.05) is 0 Å². The summed E-state index contributed by atoms with van der Waals surface area (Å²) in [5.41, 5.74) is 1.48. The fourth-order valence-corrected chi connectivity index (χ4v) is 1.66. The maximum absolute atomic E-state index is 11.9. The molecule has 0 amide bonds. The van der Waals surface area contributed by atoms with E-state index in [2.05, 4.69) is 0 Å². The molecular weight excluding hydrogens is 224 g/mol. The molecule has 0 unspecified atom stereocenters. The molecule has 0 bridgehead atoms. The van der Waals surface area contributed by atoms with Crippen LogP contribution in [-0.2, 0) is 9.53 Å². The number of hydrogen-bond acceptors (Lipinski definition) is 2. The number of hydrogen-bond donors (Lipinski definition) is 0. The van der Waals surface area contributed by atoms with Gasteiger partial charge in [-0.3, -0.25) is 0 Å². The molecule has 1 aromatic rings. The van der Waals surface area contributed by atoms with Crippen molar-refractivity contribution in [1.82, 2.24) is 0 Å². The number of carbonyl (C=O) groups is 1. The summed E-state index contributed by atoms with van der Waals surface area (Å²) in [6.07, 6.45) is 5.01. The third-order valence-corrected chi connectivity index (χ3v) is 2.55. The molecule has 1 aromatic carbocycles. The highest BCUT2D eigenvalue weighted by atomic mass is 16.5. The predicted molar refractivity (Wildman–Crippen MR) is 74.8 cm³/mol. The summed E-state index contributed by atoms with van der Waals surface area (Å²) in [6, 6.07) is 9.72. The van der Waals surface area contributed by atoms with E-state index in [4.69, 9.17) is 4.74 Å². The van der Waals surface area contributed by atoms with Crippen molar-refractivity contribution < 1.29 is 9.53 Å². The van der Waals surface area contributed by atoms with Crippen LogP contribution in [0.3, 0.4) is 0 Å². The van der Waals surface area contributed by atoms with E-state index in [0.29, 0.717) is 5.57 Å². The van der Waals surface area contributed by atoms with Crippen LogP contribution in [0.1, 0.15) is 33.3 Å². The Hall–Kier alpha value is -1.83. The van der Waals surface area contributed by atoms with Crippen molar-refractivity contribution in [2.45, 2.75) is 27.7 Å². The molecule has 0 saturated carbocycles. The van der Waals surface area contributed by atoms with Crippen LogP contribution in [0.25, 0.3) is 6.08 Å². The number of carbonyl (C=O) groups excluding carboxylic acids is 1. The van der Waals surface area contributed by atoms with Crippen molar-refractivity contribution >= 4 is 12.0 Å². The van der Waals surface area contributed by atoms with Gasteiger partial charge in [-0.15, -0.1) is 0 Å². The first-order chi connectivity index (χ1) is 8.45. The van der Waals surface area contributed by atoms with Gasteiger partial charge in [-0.25, -0.2) is 4.79 Å². The average molecular weight is 244 g/mol. The van der Waals surface area contributed by atoms with Gasteiger partial charge in [0.1, 0.15) is 0 Å². The maximum atomic E-state index is 11.9. The molecule has 0 aliphatic rings. The largest absolute Gasteiger partial charge is 0.431 e. The SMILES string of the molecule is CC=C(C(=O)OC=Cc1ccccc1)C(C)(C)C. The topological polar surface area (TPSA) is 26.3 Å². The smallest absolute Gasteiger partial charge is 0.339 e. The van der Waals surface area contributed by atoms with Crippen LogP contribution >= 0.6 is 0 Å². The summed E-state index contributed by atoms with van der Waals surface area (Å²) < 4.78 is 5.14. The summed E-state index contributed by atoms with van der Waals surface area (Å²) in [6.45, 7) is 7.82. The molecule has 0 radical (unpaired) electrons. The molecule has 18 heavy (non-hydrogen) atoms. The fourth-order valence-electron chi connectivity index (χ4n) is 1.66. The minimum Gasteiger partial charge on any atom is -0.431 e. The predicted octanol–water partition coefficient (Wildman–Crippen LogP) is 4.19. The van der Waals surface area contributed by atoms with Crippen molar-refractivity contribution in [2.24, 2.45) is 5.41 Å². The molecule has 2 nitrogen and oxygen atoms in total. The zero-order valence-electron chi connectivity index (χ0n) is 11.4. The number of esters is 1. The lowest BCUT2D eigenvalue weighted by atomic mass is 9.86. The van der Waals surface area contributed by atoms with Crippen molar-refractivity contribution in [3.05, 3.63) is 53.8 Å². The molecule has 96 valence electrons. The Labute approximate surface area is 109 Å². The standard InChI is InChI=1S/C16H20O2/c1-5-14(16(2,3)4)15(17)18-12-11-13-9-7-6-8-10-13/h5-12H,1-4H3. The van der Waals surface area contributed by atoms with Crippen LogP contribution < -0.4 is 0 Å². The Kier molecular flexibility index (Phi) is 4.90. The van der Waals surface area contributed by atoms with Crippen LogP contribution in [0, 0.1) is 5.41 Å². The number of ether oxygens (including phenoxy) is 1. The highest BCUT2D eigenvalue weighted by molar-refractivity contribution is 5.90. The molecule has 1 rings (SSSR count). The monoisotopic (exact) mass is 244 g/mol. The van der Waals surface area contributed by atoms with Gasteiger partial charge in [-0.05, 0) is 24.0 Å². The van der Waals surface area contributed by atoms with Gasteiger partial charge in [-0.2, -0.15) is 0 Å². The molecule has 0 N–H and O–H groups in total. The first-order valence-corrected chi connectivity index (χ1v) is 6.04. The molecule has 0 heterocycles. The van der Waals surface area contributed by atoms with Crippen LogP contribution in [0.5, 0.6) is 0 Å². The summed E-state index contributed by atoms with van der Waals surface area (Å²) in [5, 5.41) is 0. The van der Waals surface area contributed by atoms with E-state index in [1.165, 1.54) is 6.26 Å². The van der Waals surface area contributed by atoms with Crippen molar-refractivity contribution in [3.63, 3.8) is 0 Å². The highest BCUT2D eigenvalue weighted by Crippen LogP contribution is 2.26.